The predicted molar refractivity (Wildman–Crippen MR) is 74.5 cm³/mol. The lowest BCUT2D eigenvalue weighted by Gasteiger charge is -2.10. The maximum absolute atomic E-state index is 9.70. The Balaban J connectivity index is 2.02. The van der Waals surface area contributed by atoms with Crippen molar-refractivity contribution in [2.24, 2.45) is 0 Å². The number of aromatic hydroxyl groups is 1. The van der Waals surface area contributed by atoms with Gasteiger partial charge in [-0.05, 0) is 24.6 Å². The zero-order valence-electron chi connectivity index (χ0n) is 11.3. The fourth-order valence-corrected chi connectivity index (χ4v) is 1.92. The van der Waals surface area contributed by atoms with Gasteiger partial charge >= 0.3 is 0 Å². The lowest BCUT2D eigenvalue weighted by atomic mass is 10.2. The van der Waals surface area contributed by atoms with E-state index < -0.39 is 0 Å². The minimum atomic E-state index is 0.134. The predicted octanol–water partition coefficient (Wildman–Crippen LogP) is 2.62. The van der Waals surface area contributed by atoms with E-state index >= 15 is 0 Å². The van der Waals surface area contributed by atoms with Gasteiger partial charge in [0.25, 0.3) is 0 Å². The summed E-state index contributed by atoms with van der Waals surface area (Å²) in [6.07, 6.45) is 2.86. The molecule has 0 saturated heterocycles. The van der Waals surface area contributed by atoms with Crippen LogP contribution in [-0.4, -0.2) is 22.0 Å². The maximum Gasteiger partial charge on any atom is 0.160 e. The summed E-state index contributed by atoms with van der Waals surface area (Å²) in [5, 5.41) is 17.2. The molecule has 2 rings (SSSR count). The molecule has 0 aliphatic rings. The molecule has 0 saturated carbocycles. The first-order valence-electron chi connectivity index (χ1n) is 6.36. The van der Waals surface area contributed by atoms with Crippen LogP contribution in [-0.2, 0) is 13.1 Å². The minimum Gasteiger partial charge on any atom is -0.504 e. The highest BCUT2D eigenvalue weighted by Gasteiger charge is 2.04. The van der Waals surface area contributed by atoms with Crippen molar-refractivity contribution in [3.8, 4) is 11.5 Å². The maximum atomic E-state index is 9.70. The number of hydrogen-bond acceptors (Lipinski definition) is 4. The molecule has 5 heteroatoms. The number of nitrogens with zero attached hydrogens (tertiary/aromatic N) is 2. The van der Waals surface area contributed by atoms with E-state index in [-0.39, 0.29) is 5.75 Å². The van der Waals surface area contributed by atoms with Gasteiger partial charge in [-0.15, -0.1) is 0 Å². The molecular formula is C14H19N3O2. The Bertz CT molecular complexity index is 537. The van der Waals surface area contributed by atoms with E-state index in [0.717, 1.165) is 24.3 Å². The normalized spacial score (nSPS) is 10.4. The average molecular weight is 261 g/mol. The number of anilines is 1. The summed E-state index contributed by atoms with van der Waals surface area (Å²) in [7, 11) is 1.53. The van der Waals surface area contributed by atoms with Gasteiger partial charge in [0, 0.05) is 24.5 Å². The zero-order chi connectivity index (χ0) is 13.7. The summed E-state index contributed by atoms with van der Waals surface area (Å²) in [5.74, 6) is 0.608. The second kappa shape index (κ2) is 6.13. The minimum absolute atomic E-state index is 0.134. The fourth-order valence-electron chi connectivity index (χ4n) is 1.92. The lowest BCUT2D eigenvalue weighted by molar-refractivity contribution is 0.373. The molecule has 0 amide bonds. The third-order valence-corrected chi connectivity index (χ3v) is 2.89. The molecule has 0 spiro atoms. The molecule has 1 heterocycles. The van der Waals surface area contributed by atoms with Crippen LogP contribution >= 0.6 is 0 Å². The molecule has 2 N–H and O–H groups in total. The highest BCUT2D eigenvalue weighted by atomic mass is 16.5. The Morgan fingerprint density at radius 2 is 2.21 bits per heavy atom. The van der Waals surface area contributed by atoms with Crippen molar-refractivity contribution in [3.63, 3.8) is 0 Å². The van der Waals surface area contributed by atoms with E-state index in [1.807, 2.05) is 16.8 Å². The number of aryl methyl sites for hydroxylation is 1. The number of rotatable bonds is 6. The number of methoxy groups -OCH3 is 1. The van der Waals surface area contributed by atoms with Crippen LogP contribution in [0.1, 0.15) is 19.0 Å². The van der Waals surface area contributed by atoms with Gasteiger partial charge in [0.1, 0.15) is 0 Å². The molecule has 0 aliphatic carbocycles. The number of phenolic OH excluding ortho intramolecular Hbond substituents is 1. The quantitative estimate of drug-likeness (QED) is 0.839. The van der Waals surface area contributed by atoms with Crippen LogP contribution in [0, 0.1) is 0 Å². The number of nitrogens with one attached hydrogen (secondary N) is 1. The third-order valence-electron chi connectivity index (χ3n) is 2.89. The first kappa shape index (κ1) is 13.3. The largest absolute Gasteiger partial charge is 0.504 e. The Labute approximate surface area is 112 Å². The Hall–Kier alpha value is -2.17. The summed E-state index contributed by atoms with van der Waals surface area (Å²) in [6.45, 7) is 3.71. The van der Waals surface area contributed by atoms with Gasteiger partial charge in [0.15, 0.2) is 11.5 Å². The van der Waals surface area contributed by atoms with Gasteiger partial charge in [-0.2, -0.15) is 5.10 Å². The van der Waals surface area contributed by atoms with Crippen molar-refractivity contribution < 1.29 is 9.84 Å². The molecule has 5 nitrogen and oxygen atoms in total. The monoisotopic (exact) mass is 261 g/mol. The number of hydrogen-bond donors (Lipinski definition) is 2. The SMILES string of the molecule is CCCn1nccc1CNc1ccc(OC)c(O)c1. The number of ether oxygens (including phenoxy) is 1. The van der Waals surface area contributed by atoms with Crippen LogP contribution in [0.15, 0.2) is 30.5 Å². The smallest absolute Gasteiger partial charge is 0.160 e. The summed E-state index contributed by atoms with van der Waals surface area (Å²) in [4.78, 5) is 0. The van der Waals surface area contributed by atoms with Gasteiger partial charge in [0.2, 0.25) is 0 Å². The van der Waals surface area contributed by atoms with Gasteiger partial charge in [-0.1, -0.05) is 6.92 Å². The molecule has 0 fully saturated rings. The standard InChI is InChI=1S/C14H19N3O2/c1-3-8-17-12(6-7-16-17)10-15-11-4-5-14(19-2)13(18)9-11/h4-7,9,15,18H,3,8,10H2,1-2H3. The van der Waals surface area contributed by atoms with Crippen LogP contribution in [0.3, 0.4) is 0 Å². The average Bonchev–Trinajstić information content (AvgIpc) is 2.84. The van der Waals surface area contributed by atoms with E-state index in [1.165, 1.54) is 7.11 Å². The molecular weight excluding hydrogens is 242 g/mol. The molecule has 19 heavy (non-hydrogen) atoms. The Morgan fingerprint density at radius 1 is 1.37 bits per heavy atom. The third kappa shape index (κ3) is 3.19. The Morgan fingerprint density at radius 3 is 2.89 bits per heavy atom. The van der Waals surface area contributed by atoms with E-state index in [9.17, 15) is 5.11 Å². The zero-order valence-corrected chi connectivity index (χ0v) is 11.3. The van der Waals surface area contributed by atoms with E-state index in [2.05, 4.69) is 17.3 Å². The molecule has 0 aliphatic heterocycles. The number of phenols is 1. The van der Waals surface area contributed by atoms with Gasteiger partial charge in [-0.25, -0.2) is 0 Å². The molecule has 0 atom stereocenters. The lowest BCUT2D eigenvalue weighted by Crippen LogP contribution is -2.08. The second-order valence-corrected chi connectivity index (χ2v) is 4.29. The molecule has 0 unspecified atom stereocenters. The summed E-state index contributed by atoms with van der Waals surface area (Å²) in [6, 6.07) is 7.26. The molecule has 0 bridgehead atoms. The molecule has 0 radical (unpaired) electrons. The van der Waals surface area contributed by atoms with Crippen LogP contribution < -0.4 is 10.1 Å². The topological polar surface area (TPSA) is 59.3 Å². The molecule has 1 aromatic carbocycles. The first-order valence-corrected chi connectivity index (χ1v) is 6.36. The van der Waals surface area contributed by atoms with Crippen molar-refractivity contribution in [2.45, 2.75) is 26.4 Å². The number of benzene rings is 1. The van der Waals surface area contributed by atoms with Crippen LogP contribution in [0.2, 0.25) is 0 Å². The first-order chi connectivity index (χ1) is 9.24. The van der Waals surface area contributed by atoms with Crippen LogP contribution in [0.5, 0.6) is 11.5 Å². The summed E-state index contributed by atoms with van der Waals surface area (Å²) >= 11 is 0. The van der Waals surface area contributed by atoms with Gasteiger partial charge < -0.3 is 15.2 Å². The van der Waals surface area contributed by atoms with Crippen LogP contribution in [0.4, 0.5) is 5.69 Å². The number of aromatic nitrogens is 2. The Kier molecular flexibility index (Phi) is 4.28. The van der Waals surface area contributed by atoms with Gasteiger partial charge in [0.05, 0.1) is 19.3 Å². The van der Waals surface area contributed by atoms with Crippen molar-refractivity contribution in [1.82, 2.24) is 9.78 Å². The molecule has 2 aromatic rings. The van der Waals surface area contributed by atoms with Gasteiger partial charge in [-0.3, -0.25) is 4.68 Å². The van der Waals surface area contributed by atoms with Crippen LogP contribution in [0.25, 0.3) is 0 Å². The van der Waals surface area contributed by atoms with E-state index in [4.69, 9.17) is 4.74 Å². The second-order valence-electron chi connectivity index (χ2n) is 4.29. The highest BCUT2D eigenvalue weighted by Crippen LogP contribution is 2.28. The van der Waals surface area contributed by atoms with Crippen molar-refractivity contribution in [2.75, 3.05) is 12.4 Å². The van der Waals surface area contributed by atoms with Crippen molar-refractivity contribution >= 4 is 5.69 Å². The van der Waals surface area contributed by atoms with Crippen molar-refractivity contribution in [1.29, 1.82) is 0 Å². The highest BCUT2D eigenvalue weighted by molar-refractivity contribution is 5.54. The van der Waals surface area contributed by atoms with E-state index in [0.29, 0.717) is 12.3 Å². The summed E-state index contributed by atoms with van der Waals surface area (Å²) < 4.78 is 6.99. The molecule has 102 valence electrons. The summed E-state index contributed by atoms with van der Waals surface area (Å²) in [5.41, 5.74) is 1.97. The molecule has 1 aromatic heterocycles. The van der Waals surface area contributed by atoms with Crippen molar-refractivity contribution in [3.05, 3.63) is 36.2 Å². The fraction of sp³-hybridized carbons (Fsp3) is 0.357. The van der Waals surface area contributed by atoms with E-state index in [1.54, 1.807) is 18.3 Å².